The van der Waals surface area contributed by atoms with E-state index in [1.807, 2.05) is 0 Å². The first-order valence-electron chi connectivity index (χ1n) is 16.3. The molecule has 3 aliphatic rings. The number of halogens is 3. The van der Waals surface area contributed by atoms with Crippen molar-refractivity contribution in [2.45, 2.75) is 49.2 Å². The third-order valence-corrected chi connectivity index (χ3v) is 10.6. The second kappa shape index (κ2) is 17.0. The van der Waals surface area contributed by atoms with E-state index in [4.69, 9.17) is 20.3 Å². The summed E-state index contributed by atoms with van der Waals surface area (Å²) in [6.45, 7) is 5.23. The van der Waals surface area contributed by atoms with Crippen molar-refractivity contribution in [3.05, 3.63) is 34.3 Å². The largest absolute Gasteiger partial charge is 0.547 e. The maximum absolute atomic E-state index is 13.6. The molecule has 2 aromatic rings. The third kappa shape index (κ3) is 10.1. The van der Waals surface area contributed by atoms with Gasteiger partial charge in [0.15, 0.2) is 11.2 Å². The van der Waals surface area contributed by atoms with Gasteiger partial charge in [0.1, 0.15) is 17.3 Å². The number of aromatic carboxylic acids is 1. The van der Waals surface area contributed by atoms with Gasteiger partial charge in [-0.05, 0) is 25.0 Å². The number of hydrogen-bond acceptors (Lipinski definition) is 13. The standard InChI is InChI=1S/C28H36BN7O8S2.C2HF3O2/c1-3-34-8-9-35(25(39)24(34)38)28(42)33-21(17-15-46-27(30)31-17)23(37)32-19-14-16-6-7-18(20(26(40)41)22(16)44-29(19)43)45-13-12-36(2)10-4-5-11-36;3-2(4,5)1(6)7/h6-7,15,19,21,43H,3-5,8-14H2,1-2H3,(H4-,30,31,32,33,37,40,41,42);(H,6,7)/t19-,21?;/m0./s1. The Morgan fingerprint density at radius 1 is 1.21 bits per heavy atom. The SMILES string of the molecule is CCN1CCN(C(=O)NC(C(=O)N[C@H]2Cc3ccc(SCC[N+]4(C)CCCC4)c(C(=O)O)c3OB2O)c2csc(N)n2)C(=O)C1=O.O=C([O-])C(F)(F)F. The number of hydrogen-bond donors (Lipinski definition) is 5. The molecule has 3 aliphatic heterocycles. The highest BCUT2D eigenvalue weighted by molar-refractivity contribution is 7.99. The molecule has 2 atom stereocenters. The molecule has 288 valence electrons. The third-order valence-electron chi connectivity index (χ3n) is 8.83. The van der Waals surface area contributed by atoms with Gasteiger partial charge >= 0.3 is 37.1 Å². The number of piperazine rings is 1. The number of quaternary nitrogens is 1. The highest BCUT2D eigenvalue weighted by Gasteiger charge is 2.42. The zero-order valence-corrected chi connectivity index (χ0v) is 30.1. The van der Waals surface area contributed by atoms with E-state index in [0.717, 1.165) is 46.1 Å². The first-order valence-corrected chi connectivity index (χ1v) is 18.1. The molecule has 2 saturated heterocycles. The van der Waals surface area contributed by atoms with Crippen LogP contribution in [0.4, 0.5) is 23.1 Å². The molecule has 23 heteroatoms. The molecule has 5 rings (SSSR count). The zero-order chi connectivity index (χ0) is 39.2. The molecule has 2 fully saturated rings. The number of likely N-dealkylation sites (N-methyl/N-ethyl adjacent to an activating group) is 1. The highest BCUT2D eigenvalue weighted by Crippen LogP contribution is 2.37. The molecule has 0 radical (unpaired) electrons. The molecule has 6 N–H and O–H groups in total. The Kier molecular flexibility index (Phi) is 13.2. The molecule has 1 aromatic carbocycles. The number of aliphatic carboxylic acids is 1. The quantitative estimate of drug-likeness (QED) is 0.0895. The number of alkyl halides is 3. The Bertz CT molecular complexity index is 1740. The topological polar surface area (TPSA) is 245 Å². The van der Waals surface area contributed by atoms with Crippen LogP contribution >= 0.6 is 23.1 Å². The van der Waals surface area contributed by atoms with Crippen LogP contribution in [0.3, 0.4) is 0 Å². The van der Waals surface area contributed by atoms with Gasteiger partial charge in [0.05, 0.1) is 38.3 Å². The summed E-state index contributed by atoms with van der Waals surface area (Å²) in [6, 6.07) is 1.04. The van der Waals surface area contributed by atoms with Gasteiger partial charge in [0, 0.05) is 48.5 Å². The molecular formula is C30H37BF3N7O10S2. The number of urea groups is 1. The first-order chi connectivity index (χ1) is 24.8. The van der Waals surface area contributed by atoms with E-state index < -0.39 is 61.0 Å². The summed E-state index contributed by atoms with van der Waals surface area (Å²) in [6.07, 6.45) is -2.79. The normalized spacial score (nSPS) is 18.7. The number of thiazole rings is 1. The summed E-state index contributed by atoms with van der Waals surface area (Å²) in [4.78, 5) is 79.4. The molecule has 1 unspecified atom stereocenters. The maximum atomic E-state index is 13.6. The second-order valence-corrected chi connectivity index (χ2v) is 14.6. The van der Waals surface area contributed by atoms with Gasteiger partial charge < -0.3 is 50.4 Å². The number of aromatic nitrogens is 1. The van der Waals surface area contributed by atoms with Crippen LogP contribution in [-0.2, 0) is 25.6 Å². The van der Waals surface area contributed by atoms with Crippen LogP contribution in [0.25, 0.3) is 0 Å². The molecule has 17 nitrogen and oxygen atoms in total. The summed E-state index contributed by atoms with van der Waals surface area (Å²) >= 11 is 2.47. The van der Waals surface area contributed by atoms with Gasteiger partial charge in [0.25, 0.3) is 0 Å². The number of nitrogens with two attached hydrogens (primary N) is 1. The number of likely N-dealkylation sites (tertiary alicyclic amines) is 1. The van der Waals surface area contributed by atoms with Crippen LogP contribution < -0.4 is 26.1 Å². The minimum absolute atomic E-state index is 0.0360. The fraction of sp³-hybridized carbons (Fsp3) is 0.500. The number of carboxylic acids is 2. The number of benzene rings is 1. The smallest absolute Gasteiger partial charge is 0.542 e. The van der Waals surface area contributed by atoms with Gasteiger partial charge in [-0.15, -0.1) is 23.1 Å². The zero-order valence-electron chi connectivity index (χ0n) is 28.5. The lowest BCUT2D eigenvalue weighted by Crippen LogP contribution is -2.60. The summed E-state index contributed by atoms with van der Waals surface area (Å²) in [5.74, 6) is -7.08. The fourth-order valence-electron chi connectivity index (χ4n) is 5.93. The van der Waals surface area contributed by atoms with E-state index >= 15 is 0 Å². The number of anilines is 1. The molecular weight excluding hydrogens is 750 g/mol. The maximum Gasteiger partial charge on any atom is 0.547 e. The van der Waals surface area contributed by atoms with E-state index in [1.165, 1.54) is 34.9 Å². The van der Waals surface area contributed by atoms with Crippen LogP contribution in [-0.4, -0.2) is 136 Å². The van der Waals surface area contributed by atoms with E-state index in [1.54, 1.807) is 19.1 Å². The predicted octanol–water partition coefficient (Wildman–Crippen LogP) is -0.364. The van der Waals surface area contributed by atoms with Crippen molar-refractivity contribution >= 4 is 71.0 Å². The van der Waals surface area contributed by atoms with Gasteiger partial charge in [-0.2, -0.15) is 13.2 Å². The van der Waals surface area contributed by atoms with E-state index in [0.29, 0.717) is 17.0 Å². The second-order valence-electron chi connectivity index (χ2n) is 12.5. The van der Waals surface area contributed by atoms with Gasteiger partial charge in [-0.25, -0.2) is 14.6 Å². The van der Waals surface area contributed by atoms with Gasteiger partial charge in [-0.1, -0.05) is 6.07 Å². The lowest BCUT2D eigenvalue weighted by molar-refractivity contribution is -0.895. The van der Waals surface area contributed by atoms with Gasteiger partial charge in [0.2, 0.25) is 5.91 Å². The number of amides is 5. The molecule has 1 aromatic heterocycles. The summed E-state index contributed by atoms with van der Waals surface area (Å²) in [5, 5.41) is 36.5. The summed E-state index contributed by atoms with van der Waals surface area (Å²) in [7, 11) is 0.599. The minimum Gasteiger partial charge on any atom is -0.542 e. The number of carbonyl (C=O) groups is 6. The van der Waals surface area contributed by atoms with Crippen molar-refractivity contribution in [3.8, 4) is 5.75 Å². The minimum atomic E-state index is -5.19. The van der Waals surface area contributed by atoms with Crippen LogP contribution in [0.15, 0.2) is 22.4 Å². The number of nitrogens with zero attached hydrogens (tertiary/aromatic N) is 4. The Labute approximate surface area is 309 Å². The van der Waals surface area contributed by atoms with Crippen LogP contribution in [0.2, 0.25) is 0 Å². The number of nitrogen functional groups attached to an aromatic ring is 1. The lowest BCUT2D eigenvalue weighted by atomic mass is 9.72. The first kappa shape index (κ1) is 41.2. The van der Waals surface area contributed by atoms with Crippen molar-refractivity contribution in [1.29, 1.82) is 0 Å². The van der Waals surface area contributed by atoms with E-state index in [2.05, 4.69) is 22.7 Å². The van der Waals surface area contributed by atoms with Crippen LogP contribution in [0.1, 0.15) is 47.4 Å². The predicted molar refractivity (Wildman–Crippen MR) is 181 cm³/mol. The number of imide groups is 1. The van der Waals surface area contributed by atoms with Gasteiger partial charge in [-0.3, -0.25) is 19.3 Å². The lowest BCUT2D eigenvalue weighted by Gasteiger charge is -2.33. The Hall–Kier alpha value is -4.61. The number of fused-ring (bicyclic) bond motifs is 1. The molecule has 0 bridgehead atoms. The Morgan fingerprint density at radius 2 is 1.87 bits per heavy atom. The molecule has 4 heterocycles. The molecule has 5 amide bonds. The van der Waals surface area contributed by atoms with Crippen molar-refractivity contribution in [2.75, 3.05) is 57.8 Å². The monoisotopic (exact) mass is 787 g/mol. The average Bonchev–Trinajstić information content (AvgIpc) is 3.72. The van der Waals surface area contributed by atoms with Crippen molar-refractivity contribution in [1.82, 2.24) is 25.4 Å². The number of nitrogens with one attached hydrogen (secondary N) is 2. The van der Waals surface area contributed by atoms with Crippen molar-refractivity contribution in [3.63, 3.8) is 0 Å². The van der Waals surface area contributed by atoms with E-state index in [-0.39, 0.29) is 41.6 Å². The number of thioether (sulfide) groups is 1. The highest BCUT2D eigenvalue weighted by atomic mass is 32.2. The van der Waals surface area contributed by atoms with Crippen LogP contribution in [0, 0.1) is 0 Å². The number of carbonyl (C=O) groups excluding carboxylic acids is 5. The Morgan fingerprint density at radius 3 is 2.43 bits per heavy atom. The number of carboxylic acid groups (broad SMARTS) is 2. The molecule has 0 aliphatic carbocycles. The molecule has 53 heavy (non-hydrogen) atoms. The van der Waals surface area contributed by atoms with Crippen LogP contribution in [0.5, 0.6) is 5.75 Å². The van der Waals surface area contributed by atoms with Crippen molar-refractivity contribution in [2.24, 2.45) is 0 Å². The average molecular weight is 788 g/mol. The molecule has 0 spiro atoms. The van der Waals surface area contributed by atoms with Crippen molar-refractivity contribution < 1.29 is 66.3 Å². The van der Waals surface area contributed by atoms with E-state index in [9.17, 15) is 47.3 Å². The molecule has 0 saturated carbocycles. The Balaban J connectivity index is 0.000000815. The number of rotatable bonds is 10. The summed E-state index contributed by atoms with van der Waals surface area (Å²) in [5.41, 5.74) is 6.30. The fourth-order valence-corrected chi connectivity index (χ4v) is 7.76. The summed E-state index contributed by atoms with van der Waals surface area (Å²) < 4.78 is 38.2.